The molecule has 35 heavy (non-hydrogen) atoms. The lowest BCUT2D eigenvalue weighted by atomic mass is 10.1. The van der Waals surface area contributed by atoms with Crippen molar-refractivity contribution in [1.29, 1.82) is 0 Å². The fourth-order valence-corrected chi connectivity index (χ4v) is 5.25. The number of methoxy groups -OCH3 is 4. The van der Waals surface area contributed by atoms with E-state index in [0.717, 1.165) is 18.2 Å². The first-order chi connectivity index (χ1) is 16.7. The number of allylic oxidation sites excluding steroid dienone is 1. The smallest absolute Gasteiger partial charge is 0.214 e. The van der Waals surface area contributed by atoms with Crippen molar-refractivity contribution in [2.75, 3.05) is 33.3 Å². The quantitative estimate of drug-likeness (QED) is 0.347. The summed E-state index contributed by atoms with van der Waals surface area (Å²) in [5, 5.41) is 0. The topological polar surface area (TPSA) is 91.4 Å². The minimum absolute atomic E-state index is 0.0455. The van der Waals surface area contributed by atoms with Crippen LogP contribution in [0.4, 0.5) is 15.8 Å². The maximum absolute atomic E-state index is 14.2. The van der Waals surface area contributed by atoms with Crippen molar-refractivity contribution in [2.24, 2.45) is 0 Å². The van der Waals surface area contributed by atoms with Gasteiger partial charge in [-0.25, -0.2) is 12.8 Å². The lowest BCUT2D eigenvalue weighted by Gasteiger charge is -2.29. The van der Waals surface area contributed by atoms with Crippen molar-refractivity contribution in [3.63, 3.8) is 0 Å². The van der Waals surface area contributed by atoms with Crippen LogP contribution in [-0.2, 0) is 9.84 Å². The number of hydrogen-bond donors (Lipinski definition) is 0. The van der Waals surface area contributed by atoms with E-state index in [1.165, 1.54) is 57.7 Å². The molecule has 0 radical (unpaired) electrons. The molecule has 0 fully saturated rings. The van der Waals surface area contributed by atoms with Crippen LogP contribution in [0.1, 0.15) is 10.4 Å². The van der Waals surface area contributed by atoms with E-state index in [4.69, 9.17) is 18.9 Å². The predicted molar refractivity (Wildman–Crippen MR) is 127 cm³/mol. The Morgan fingerprint density at radius 2 is 1.46 bits per heavy atom. The van der Waals surface area contributed by atoms with Crippen LogP contribution >= 0.6 is 0 Å². The van der Waals surface area contributed by atoms with Crippen molar-refractivity contribution >= 4 is 27.0 Å². The first-order valence-corrected chi connectivity index (χ1v) is 11.8. The molecule has 1 heterocycles. The van der Waals surface area contributed by atoms with Gasteiger partial charge in [0.25, 0.3) is 0 Å². The summed E-state index contributed by atoms with van der Waals surface area (Å²) in [5.74, 6) is 0.0981. The summed E-state index contributed by atoms with van der Waals surface area (Å²) in [4.78, 5) is 14.2. The number of carbonyl (C=O) groups excluding carboxylic acids is 1. The molecule has 3 aromatic carbocycles. The number of Topliss-reactive ketones (excluding diaryl/α,β-unsaturated/α-hetero) is 1. The average Bonchev–Trinajstić information content (AvgIpc) is 2.87. The lowest BCUT2D eigenvalue weighted by molar-refractivity contribution is 0.104. The largest absolute Gasteiger partial charge is 0.497 e. The number of hydrogen-bond acceptors (Lipinski definition) is 8. The van der Waals surface area contributed by atoms with Gasteiger partial charge in [-0.1, -0.05) is 0 Å². The summed E-state index contributed by atoms with van der Waals surface area (Å²) < 4.78 is 62.3. The van der Waals surface area contributed by atoms with Crippen molar-refractivity contribution in [3.05, 3.63) is 77.1 Å². The summed E-state index contributed by atoms with van der Waals surface area (Å²) in [6.45, 7) is 0. The molecule has 0 N–H and O–H groups in total. The number of rotatable bonds is 7. The molecule has 182 valence electrons. The molecule has 0 aromatic heterocycles. The molecule has 0 saturated carbocycles. The maximum atomic E-state index is 14.2. The van der Waals surface area contributed by atoms with E-state index in [9.17, 15) is 17.6 Å². The van der Waals surface area contributed by atoms with Gasteiger partial charge in [0.05, 0.1) is 44.7 Å². The van der Waals surface area contributed by atoms with Crippen LogP contribution in [0.2, 0.25) is 0 Å². The summed E-state index contributed by atoms with van der Waals surface area (Å²) in [6.07, 6.45) is 1.17. The van der Waals surface area contributed by atoms with Gasteiger partial charge in [0, 0.05) is 30.0 Å². The number of ketones is 1. The number of ether oxygens (including phenoxy) is 4. The summed E-state index contributed by atoms with van der Waals surface area (Å²) in [7, 11) is 1.50. The highest BCUT2D eigenvalue weighted by molar-refractivity contribution is 7.96. The zero-order valence-corrected chi connectivity index (χ0v) is 20.2. The highest BCUT2D eigenvalue weighted by atomic mass is 32.2. The van der Waals surface area contributed by atoms with E-state index < -0.39 is 26.3 Å². The van der Waals surface area contributed by atoms with E-state index in [0.29, 0.717) is 22.9 Å². The van der Waals surface area contributed by atoms with Gasteiger partial charge >= 0.3 is 0 Å². The average molecular weight is 500 g/mol. The Morgan fingerprint density at radius 1 is 0.800 bits per heavy atom. The SMILES string of the molecule is COc1cc(OC)cc(N2C=C(C(=O)c3ccc(OC)c(OC)c3)S(=O)(=O)c3ccc(F)cc32)c1. The van der Waals surface area contributed by atoms with E-state index in [1.54, 1.807) is 18.2 Å². The predicted octanol–water partition coefficient (Wildman–Crippen LogP) is 4.51. The molecule has 0 aliphatic carbocycles. The number of anilines is 2. The van der Waals surface area contributed by atoms with Gasteiger partial charge in [0.1, 0.15) is 22.2 Å². The Kier molecular flexibility index (Phi) is 6.40. The first kappa shape index (κ1) is 24.1. The number of benzene rings is 3. The second-order valence-corrected chi connectivity index (χ2v) is 9.34. The molecular formula is C25H22FNO7S. The number of nitrogens with zero attached hydrogens (tertiary/aromatic N) is 1. The number of carbonyl (C=O) groups is 1. The van der Waals surface area contributed by atoms with Gasteiger partial charge in [-0.3, -0.25) is 4.79 Å². The minimum atomic E-state index is -4.29. The van der Waals surface area contributed by atoms with Crippen LogP contribution in [0, 0.1) is 5.82 Å². The standard InChI is InChI=1S/C25H22FNO7S/c1-31-18-11-17(12-19(13-18)32-2)27-14-24(35(29,30)23-8-6-16(26)10-20(23)27)25(28)15-5-7-21(33-3)22(9-15)34-4/h5-14H,1-4H3. The number of sulfone groups is 1. The zero-order chi connectivity index (χ0) is 25.3. The van der Waals surface area contributed by atoms with Crippen molar-refractivity contribution < 1.29 is 36.6 Å². The fraction of sp³-hybridized carbons (Fsp3) is 0.160. The van der Waals surface area contributed by atoms with E-state index in [1.807, 2.05) is 0 Å². The molecular weight excluding hydrogens is 477 g/mol. The summed E-state index contributed by atoms with van der Waals surface area (Å²) in [5.41, 5.74) is 0.524. The van der Waals surface area contributed by atoms with Gasteiger partial charge in [-0.05, 0) is 36.4 Å². The van der Waals surface area contributed by atoms with E-state index in [-0.39, 0.29) is 21.9 Å². The van der Waals surface area contributed by atoms with Gasteiger partial charge in [-0.15, -0.1) is 0 Å². The molecule has 0 spiro atoms. The van der Waals surface area contributed by atoms with Crippen LogP contribution in [0.5, 0.6) is 23.0 Å². The van der Waals surface area contributed by atoms with Crippen LogP contribution in [0.3, 0.4) is 0 Å². The third-order valence-corrected chi connectivity index (χ3v) is 7.28. The molecule has 1 aliphatic heterocycles. The number of fused-ring (bicyclic) bond motifs is 1. The molecule has 0 amide bonds. The van der Waals surface area contributed by atoms with Crippen LogP contribution in [-0.4, -0.2) is 42.6 Å². The molecule has 3 aromatic rings. The fourth-order valence-electron chi connectivity index (χ4n) is 3.73. The molecule has 8 nitrogen and oxygen atoms in total. The van der Waals surface area contributed by atoms with E-state index in [2.05, 4.69) is 0 Å². The van der Waals surface area contributed by atoms with E-state index >= 15 is 0 Å². The zero-order valence-electron chi connectivity index (χ0n) is 19.4. The van der Waals surface area contributed by atoms with Gasteiger partial charge in [0.15, 0.2) is 11.5 Å². The number of halogens is 1. The first-order valence-electron chi connectivity index (χ1n) is 10.3. The highest BCUT2D eigenvalue weighted by Gasteiger charge is 2.37. The molecule has 0 bridgehead atoms. The van der Waals surface area contributed by atoms with Crippen LogP contribution in [0.15, 0.2) is 70.6 Å². The molecule has 10 heteroatoms. The molecule has 4 rings (SSSR count). The Labute approximate surface area is 202 Å². The van der Waals surface area contributed by atoms with Gasteiger partial charge in [-0.2, -0.15) is 0 Å². The molecule has 0 saturated heterocycles. The maximum Gasteiger partial charge on any atom is 0.214 e. The highest BCUT2D eigenvalue weighted by Crippen LogP contribution is 2.43. The Morgan fingerprint density at radius 3 is 2.06 bits per heavy atom. The normalized spacial score (nSPS) is 14.0. The summed E-state index contributed by atoms with van der Waals surface area (Å²) >= 11 is 0. The van der Waals surface area contributed by atoms with Crippen LogP contribution in [0.25, 0.3) is 0 Å². The monoisotopic (exact) mass is 499 g/mol. The second-order valence-electron chi connectivity index (χ2n) is 7.45. The van der Waals surface area contributed by atoms with Crippen molar-refractivity contribution in [3.8, 4) is 23.0 Å². The Hall–Kier alpha value is -4.05. The molecule has 0 unspecified atom stereocenters. The molecule has 1 aliphatic rings. The Balaban J connectivity index is 1.94. The second kappa shape index (κ2) is 9.30. The third kappa shape index (κ3) is 4.28. The van der Waals surface area contributed by atoms with Gasteiger partial charge < -0.3 is 23.8 Å². The minimum Gasteiger partial charge on any atom is -0.497 e. The third-order valence-electron chi connectivity index (χ3n) is 5.49. The van der Waals surface area contributed by atoms with Crippen molar-refractivity contribution in [1.82, 2.24) is 0 Å². The van der Waals surface area contributed by atoms with Crippen LogP contribution < -0.4 is 23.8 Å². The lowest BCUT2D eigenvalue weighted by Crippen LogP contribution is -2.26. The molecule has 0 atom stereocenters. The van der Waals surface area contributed by atoms with Crippen molar-refractivity contribution in [2.45, 2.75) is 4.90 Å². The summed E-state index contributed by atoms with van der Waals surface area (Å²) in [6, 6.07) is 12.5. The Bertz CT molecular complexity index is 1430. The van der Waals surface area contributed by atoms with Gasteiger partial charge in [0.2, 0.25) is 15.6 Å².